The van der Waals surface area contributed by atoms with E-state index in [-0.39, 0.29) is 5.82 Å². The lowest BCUT2D eigenvalue weighted by Crippen LogP contribution is -2.21. The van der Waals surface area contributed by atoms with E-state index in [2.05, 4.69) is 4.90 Å². The Kier molecular flexibility index (Phi) is 4.17. The molecule has 2 nitrogen and oxygen atoms in total. The smallest absolute Gasteiger partial charge is 0.123 e. The average Bonchev–Trinajstić information content (AvgIpc) is 2.80. The van der Waals surface area contributed by atoms with Crippen molar-refractivity contribution in [3.05, 3.63) is 30.1 Å². The van der Waals surface area contributed by atoms with Gasteiger partial charge < -0.3 is 9.64 Å². The number of hydrogen-bond donors (Lipinski definition) is 0. The van der Waals surface area contributed by atoms with E-state index >= 15 is 0 Å². The lowest BCUT2D eigenvalue weighted by molar-refractivity contribution is 0.263. The summed E-state index contributed by atoms with van der Waals surface area (Å²) >= 11 is 0. The van der Waals surface area contributed by atoms with E-state index < -0.39 is 0 Å². The van der Waals surface area contributed by atoms with Gasteiger partial charge in [0.15, 0.2) is 0 Å². The van der Waals surface area contributed by atoms with Gasteiger partial charge in [0.05, 0.1) is 6.61 Å². The Bertz CT molecular complexity index is 306. The molecule has 0 unspecified atom stereocenters. The molecule has 0 amide bonds. The molecule has 16 heavy (non-hydrogen) atoms. The van der Waals surface area contributed by atoms with Crippen LogP contribution in [0.25, 0.3) is 0 Å². The molecular formula is C13H18FNO. The van der Waals surface area contributed by atoms with Crippen LogP contribution in [-0.4, -0.2) is 31.1 Å². The first-order chi connectivity index (χ1) is 7.84. The van der Waals surface area contributed by atoms with Crippen LogP contribution in [0.15, 0.2) is 24.3 Å². The summed E-state index contributed by atoms with van der Waals surface area (Å²) in [5.74, 6) is 0.534. The van der Waals surface area contributed by atoms with E-state index in [0.29, 0.717) is 6.61 Å². The van der Waals surface area contributed by atoms with Gasteiger partial charge in [0.2, 0.25) is 0 Å². The highest BCUT2D eigenvalue weighted by Gasteiger charge is 2.10. The fourth-order valence-electron chi connectivity index (χ4n) is 2.02. The Labute approximate surface area is 96.0 Å². The Morgan fingerprint density at radius 2 is 1.81 bits per heavy atom. The number of hydrogen-bond acceptors (Lipinski definition) is 2. The Morgan fingerprint density at radius 1 is 1.12 bits per heavy atom. The van der Waals surface area contributed by atoms with Crippen molar-refractivity contribution in [3.63, 3.8) is 0 Å². The summed E-state index contributed by atoms with van der Waals surface area (Å²) in [5.41, 5.74) is 0. The number of ether oxygens (including phenoxy) is 1. The molecule has 0 bridgehead atoms. The Hall–Kier alpha value is -1.09. The number of nitrogens with zero attached hydrogens (tertiary/aromatic N) is 1. The minimum Gasteiger partial charge on any atom is -0.494 e. The minimum atomic E-state index is -0.218. The molecule has 1 aromatic rings. The predicted molar refractivity (Wildman–Crippen MR) is 62.2 cm³/mol. The second kappa shape index (κ2) is 5.85. The van der Waals surface area contributed by atoms with Gasteiger partial charge in [0.25, 0.3) is 0 Å². The normalized spacial score (nSPS) is 16.6. The van der Waals surface area contributed by atoms with Crippen LogP contribution in [-0.2, 0) is 0 Å². The van der Waals surface area contributed by atoms with Crippen LogP contribution in [0.5, 0.6) is 5.75 Å². The van der Waals surface area contributed by atoms with Gasteiger partial charge in [-0.05, 0) is 56.6 Å². The van der Waals surface area contributed by atoms with Gasteiger partial charge in [-0.2, -0.15) is 0 Å². The van der Waals surface area contributed by atoms with Crippen LogP contribution in [0, 0.1) is 5.82 Å². The summed E-state index contributed by atoms with van der Waals surface area (Å²) < 4.78 is 18.1. The highest BCUT2D eigenvalue weighted by Crippen LogP contribution is 2.12. The van der Waals surface area contributed by atoms with Crippen molar-refractivity contribution in [2.45, 2.75) is 19.3 Å². The van der Waals surface area contributed by atoms with E-state index in [0.717, 1.165) is 18.7 Å². The number of rotatable bonds is 5. The predicted octanol–water partition coefficient (Wildman–Crippen LogP) is 2.69. The zero-order valence-electron chi connectivity index (χ0n) is 9.49. The number of likely N-dealkylation sites (tertiary alicyclic amines) is 1. The first-order valence-corrected chi connectivity index (χ1v) is 5.95. The maximum absolute atomic E-state index is 12.6. The Balaban J connectivity index is 1.62. The molecule has 3 heteroatoms. The third-order valence-corrected chi connectivity index (χ3v) is 2.90. The van der Waals surface area contributed by atoms with Gasteiger partial charge in [-0.25, -0.2) is 4.39 Å². The molecular weight excluding hydrogens is 205 g/mol. The van der Waals surface area contributed by atoms with Gasteiger partial charge in [-0.15, -0.1) is 0 Å². The number of benzene rings is 1. The zero-order valence-corrected chi connectivity index (χ0v) is 9.49. The van der Waals surface area contributed by atoms with Crippen molar-refractivity contribution < 1.29 is 9.13 Å². The Morgan fingerprint density at radius 3 is 2.50 bits per heavy atom. The molecule has 0 N–H and O–H groups in total. The summed E-state index contributed by atoms with van der Waals surface area (Å²) in [6, 6.07) is 6.20. The van der Waals surface area contributed by atoms with Crippen molar-refractivity contribution >= 4 is 0 Å². The zero-order chi connectivity index (χ0) is 11.2. The second-order valence-corrected chi connectivity index (χ2v) is 4.20. The maximum Gasteiger partial charge on any atom is 0.123 e. The summed E-state index contributed by atoms with van der Waals surface area (Å²) in [7, 11) is 0. The van der Waals surface area contributed by atoms with Crippen molar-refractivity contribution in [2.24, 2.45) is 0 Å². The van der Waals surface area contributed by atoms with Crippen LogP contribution < -0.4 is 4.74 Å². The molecule has 1 aromatic carbocycles. The van der Waals surface area contributed by atoms with Crippen LogP contribution in [0.2, 0.25) is 0 Å². The molecule has 0 saturated carbocycles. The first-order valence-electron chi connectivity index (χ1n) is 5.95. The first kappa shape index (κ1) is 11.4. The molecule has 0 aromatic heterocycles. The van der Waals surface area contributed by atoms with Crippen molar-refractivity contribution in [1.82, 2.24) is 4.90 Å². The molecule has 1 fully saturated rings. The molecule has 88 valence electrons. The molecule has 1 aliphatic heterocycles. The van der Waals surface area contributed by atoms with E-state index in [4.69, 9.17) is 4.74 Å². The van der Waals surface area contributed by atoms with E-state index in [9.17, 15) is 4.39 Å². The topological polar surface area (TPSA) is 12.5 Å². The standard InChI is InChI=1S/C13H18FNO/c14-12-4-6-13(7-5-12)16-11-3-10-15-8-1-2-9-15/h4-7H,1-3,8-11H2. The van der Waals surface area contributed by atoms with Crippen LogP contribution in [0.4, 0.5) is 4.39 Å². The lowest BCUT2D eigenvalue weighted by atomic mass is 10.3. The molecule has 1 heterocycles. The van der Waals surface area contributed by atoms with Crippen LogP contribution >= 0.6 is 0 Å². The summed E-state index contributed by atoms with van der Waals surface area (Å²) in [5, 5.41) is 0. The fraction of sp³-hybridized carbons (Fsp3) is 0.538. The van der Waals surface area contributed by atoms with Gasteiger partial charge >= 0.3 is 0 Å². The third-order valence-electron chi connectivity index (χ3n) is 2.90. The molecule has 1 saturated heterocycles. The van der Waals surface area contributed by atoms with Crippen molar-refractivity contribution in [3.8, 4) is 5.75 Å². The van der Waals surface area contributed by atoms with Crippen LogP contribution in [0.3, 0.4) is 0 Å². The van der Waals surface area contributed by atoms with Crippen molar-refractivity contribution in [1.29, 1.82) is 0 Å². The lowest BCUT2D eigenvalue weighted by Gasteiger charge is -2.14. The van der Waals surface area contributed by atoms with E-state index in [1.54, 1.807) is 12.1 Å². The van der Waals surface area contributed by atoms with Crippen molar-refractivity contribution in [2.75, 3.05) is 26.2 Å². The van der Waals surface area contributed by atoms with Gasteiger partial charge in [-0.1, -0.05) is 0 Å². The maximum atomic E-state index is 12.6. The quantitative estimate of drug-likeness (QED) is 0.712. The minimum absolute atomic E-state index is 0.218. The van der Waals surface area contributed by atoms with E-state index in [1.165, 1.54) is 38.1 Å². The summed E-state index contributed by atoms with van der Waals surface area (Å²) in [6.07, 6.45) is 3.70. The molecule has 0 radical (unpaired) electrons. The SMILES string of the molecule is Fc1ccc(OCCCN2CCCC2)cc1. The molecule has 0 spiro atoms. The number of halogens is 1. The van der Waals surface area contributed by atoms with Gasteiger partial charge in [0, 0.05) is 6.54 Å². The monoisotopic (exact) mass is 223 g/mol. The average molecular weight is 223 g/mol. The molecule has 0 aliphatic carbocycles. The highest BCUT2D eigenvalue weighted by molar-refractivity contribution is 5.21. The largest absolute Gasteiger partial charge is 0.494 e. The molecule has 1 aliphatic rings. The summed E-state index contributed by atoms with van der Waals surface area (Å²) in [4.78, 5) is 2.47. The van der Waals surface area contributed by atoms with Gasteiger partial charge in [0.1, 0.15) is 11.6 Å². The highest BCUT2D eigenvalue weighted by atomic mass is 19.1. The summed E-state index contributed by atoms with van der Waals surface area (Å²) in [6.45, 7) is 4.29. The second-order valence-electron chi connectivity index (χ2n) is 4.20. The fourth-order valence-corrected chi connectivity index (χ4v) is 2.02. The van der Waals surface area contributed by atoms with E-state index in [1.807, 2.05) is 0 Å². The van der Waals surface area contributed by atoms with Gasteiger partial charge in [-0.3, -0.25) is 0 Å². The van der Waals surface area contributed by atoms with Crippen LogP contribution in [0.1, 0.15) is 19.3 Å². The molecule has 2 rings (SSSR count). The third kappa shape index (κ3) is 3.49. The molecule has 0 atom stereocenters.